The summed E-state index contributed by atoms with van der Waals surface area (Å²) in [5.41, 5.74) is 1.47. The van der Waals surface area contributed by atoms with E-state index in [4.69, 9.17) is 15.9 Å². The Morgan fingerprint density at radius 2 is 1.56 bits per heavy atom. The topological polar surface area (TPSA) is 288 Å². The van der Waals surface area contributed by atoms with E-state index in [1.807, 2.05) is 0 Å². The summed E-state index contributed by atoms with van der Waals surface area (Å²) < 4.78 is 0. The molecule has 0 spiro atoms. The number of hydrogen-bond acceptors (Lipinski definition) is 11. The minimum absolute atomic E-state index is 0. The number of phenols is 1. The van der Waals surface area contributed by atoms with Gasteiger partial charge in [-0.2, -0.15) is 0 Å². The first-order valence-corrected chi connectivity index (χ1v) is 11.8. The maximum atomic E-state index is 13.7. The molecule has 1 saturated carbocycles. The Kier molecular flexibility index (Phi) is 9.16. The lowest BCUT2D eigenvalue weighted by Crippen LogP contribution is -2.70. The van der Waals surface area contributed by atoms with Crippen molar-refractivity contribution in [2.24, 2.45) is 17.6 Å². The number of hydrogen-bond donors (Lipinski definition) is 8. The van der Waals surface area contributed by atoms with Crippen LogP contribution in [-0.2, 0) is 24.0 Å². The van der Waals surface area contributed by atoms with Crippen LogP contribution in [0.2, 0.25) is 0 Å². The molecule has 0 bridgehead atoms. The van der Waals surface area contributed by atoms with E-state index in [2.05, 4.69) is 0 Å². The number of rotatable bonds is 4. The number of Topliss-reactive ketones (excluding diaryl/α,β-unsaturated/α-hetero) is 2. The standard InChI is InChI=1S/C22H24N2O8.C4H4O4.H2O/c1-7-8-5-4-6-9(25)11(8)16(26)12-10(7)17(27)14-15(24(2)3)18(28)13(21(23)31)20(30)22(14,32)19(12)29;5-3(6)1-2-4(7)8;/h4-7,10,14-15,17,25-27,30,32H,1-3H3,(H2,23,31);1-2H,(H,5,6)(H,7,8);1H2/b;2-1-;/t7-,10+,14+,15-,17-,22-;;/m0../s1. The Morgan fingerprint density at radius 3 is 2.02 bits per heavy atom. The Hall–Kier alpha value is -4.57. The average Bonchev–Trinajstić information content (AvgIpc) is 2.85. The number of likely N-dealkylation sites (N-methyl/N-ethyl adjacent to an activating group) is 1. The first-order chi connectivity index (χ1) is 18.5. The van der Waals surface area contributed by atoms with Crippen molar-refractivity contribution in [2.45, 2.75) is 30.6 Å². The van der Waals surface area contributed by atoms with Gasteiger partial charge in [0.2, 0.25) is 5.78 Å². The summed E-state index contributed by atoms with van der Waals surface area (Å²) in [6.07, 6.45) is -0.474. The highest BCUT2D eigenvalue weighted by Crippen LogP contribution is 2.55. The highest BCUT2D eigenvalue weighted by atomic mass is 16.4. The minimum atomic E-state index is -2.89. The van der Waals surface area contributed by atoms with Gasteiger partial charge >= 0.3 is 11.9 Å². The van der Waals surface area contributed by atoms with Crippen LogP contribution in [0, 0.1) is 11.8 Å². The summed E-state index contributed by atoms with van der Waals surface area (Å²) in [5, 5.41) is 70.5. The fourth-order valence-corrected chi connectivity index (χ4v) is 5.72. The molecule has 3 aliphatic carbocycles. The normalized spacial score (nSPS) is 28.7. The van der Waals surface area contributed by atoms with Gasteiger partial charge in [-0.15, -0.1) is 0 Å². The number of nitrogens with zero attached hydrogens (tertiary/aromatic N) is 1. The van der Waals surface area contributed by atoms with E-state index < -0.39 is 87.6 Å². The highest BCUT2D eigenvalue weighted by molar-refractivity contribution is 6.24. The number of fused-ring (bicyclic) bond motifs is 3. The van der Waals surface area contributed by atoms with Crippen LogP contribution in [0.4, 0.5) is 0 Å². The third-order valence-corrected chi connectivity index (χ3v) is 7.36. The zero-order valence-corrected chi connectivity index (χ0v) is 22.0. The highest BCUT2D eigenvalue weighted by Gasteiger charge is 2.68. The number of carboxylic acids is 2. The number of carboxylic acid groups (broad SMARTS) is 2. The summed E-state index contributed by atoms with van der Waals surface area (Å²) in [7, 11) is 2.92. The number of aromatic hydroxyl groups is 1. The molecule has 0 aliphatic heterocycles. The fourth-order valence-electron chi connectivity index (χ4n) is 5.72. The number of primary amides is 1. The molecule has 6 atom stereocenters. The van der Waals surface area contributed by atoms with E-state index in [1.54, 1.807) is 19.1 Å². The summed E-state index contributed by atoms with van der Waals surface area (Å²) in [6.45, 7) is 1.68. The molecule has 0 unspecified atom stereocenters. The van der Waals surface area contributed by atoms with Crippen LogP contribution in [0.3, 0.4) is 0 Å². The SMILES string of the molecule is C[C@H]1c2cccc(O)c2C(O)=C2C(=O)[C@]3(O)C(O)=C(C(N)=O)C(=O)[C@@H](N(C)C)[C@@H]3[C@@H](O)[C@@H]21.O.O=C(O)/C=C\C(=O)O. The molecule has 4 rings (SSSR count). The first-order valence-electron chi connectivity index (χ1n) is 11.8. The van der Waals surface area contributed by atoms with E-state index in [-0.39, 0.29) is 16.8 Å². The number of carbonyl (C=O) groups excluding carboxylic acids is 3. The third-order valence-electron chi connectivity index (χ3n) is 7.36. The largest absolute Gasteiger partial charge is 0.508 e. The van der Waals surface area contributed by atoms with Crippen LogP contribution >= 0.6 is 0 Å². The Labute approximate surface area is 232 Å². The smallest absolute Gasteiger partial charge is 0.328 e. The molecule has 1 aromatic rings. The van der Waals surface area contributed by atoms with Crippen molar-refractivity contribution >= 4 is 35.2 Å². The molecule has 222 valence electrons. The van der Waals surface area contributed by atoms with E-state index >= 15 is 0 Å². The van der Waals surface area contributed by atoms with Crippen LogP contribution in [-0.4, -0.2) is 107 Å². The van der Waals surface area contributed by atoms with Gasteiger partial charge in [0, 0.05) is 23.6 Å². The van der Waals surface area contributed by atoms with E-state index in [0.717, 1.165) is 0 Å². The van der Waals surface area contributed by atoms with E-state index in [0.29, 0.717) is 17.7 Å². The Balaban J connectivity index is 0.000000574. The number of phenolic OH excluding ortho intramolecular Hbond substituents is 1. The number of aliphatic hydroxyl groups is 4. The average molecular weight is 579 g/mol. The monoisotopic (exact) mass is 578 g/mol. The minimum Gasteiger partial charge on any atom is -0.508 e. The number of benzene rings is 1. The van der Waals surface area contributed by atoms with Gasteiger partial charge in [0.1, 0.15) is 22.8 Å². The van der Waals surface area contributed by atoms with Crippen LogP contribution in [0.15, 0.2) is 47.3 Å². The Morgan fingerprint density at radius 1 is 1.02 bits per heavy atom. The van der Waals surface area contributed by atoms with E-state index in [1.165, 1.54) is 25.1 Å². The van der Waals surface area contributed by atoms with Crippen LogP contribution in [0.25, 0.3) is 5.76 Å². The number of nitrogens with two attached hydrogens (primary N) is 1. The molecule has 0 heterocycles. The summed E-state index contributed by atoms with van der Waals surface area (Å²) in [6, 6.07) is 3.13. The fraction of sp³-hybridized carbons (Fsp3) is 0.346. The summed E-state index contributed by atoms with van der Waals surface area (Å²) >= 11 is 0. The molecule has 3 aliphatic rings. The molecule has 15 heteroatoms. The molecule has 1 amide bonds. The van der Waals surface area contributed by atoms with Gasteiger partial charge in [-0.25, -0.2) is 9.59 Å². The van der Waals surface area contributed by atoms with Crippen LogP contribution < -0.4 is 5.73 Å². The van der Waals surface area contributed by atoms with Gasteiger partial charge in [0.25, 0.3) is 5.91 Å². The third kappa shape index (κ3) is 5.06. The number of aliphatic carboxylic acids is 2. The molecule has 11 N–H and O–H groups in total. The van der Waals surface area contributed by atoms with Crippen molar-refractivity contribution in [3.8, 4) is 5.75 Å². The van der Waals surface area contributed by atoms with Gasteiger partial charge in [0.15, 0.2) is 11.4 Å². The second kappa shape index (κ2) is 11.5. The summed E-state index contributed by atoms with van der Waals surface area (Å²) in [4.78, 5) is 59.1. The maximum absolute atomic E-state index is 13.7. The van der Waals surface area contributed by atoms with Gasteiger partial charge in [0.05, 0.1) is 23.6 Å². The number of aliphatic hydroxyl groups excluding tert-OH is 3. The van der Waals surface area contributed by atoms with Crippen molar-refractivity contribution in [3.05, 3.63) is 58.4 Å². The predicted octanol–water partition coefficient (Wildman–Crippen LogP) is -1.62. The van der Waals surface area contributed by atoms with Gasteiger partial charge in [-0.1, -0.05) is 19.1 Å². The van der Waals surface area contributed by atoms with Gasteiger partial charge in [-0.05, 0) is 31.6 Å². The lowest BCUT2D eigenvalue weighted by atomic mass is 9.54. The maximum Gasteiger partial charge on any atom is 0.328 e. The lowest BCUT2D eigenvalue weighted by molar-refractivity contribution is -0.169. The molecule has 1 fully saturated rings. The second-order valence-electron chi connectivity index (χ2n) is 9.80. The quantitative estimate of drug-likeness (QED) is 0.147. The van der Waals surface area contributed by atoms with Crippen molar-refractivity contribution in [3.63, 3.8) is 0 Å². The van der Waals surface area contributed by atoms with Gasteiger partial charge in [-0.3, -0.25) is 19.3 Å². The van der Waals surface area contributed by atoms with Crippen molar-refractivity contribution in [1.82, 2.24) is 4.90 Å². The predicted molar refractivity (Wildman–Crippen MR) is 138 cm³/mol. The Bertz CT molecular complexity index is 1390. The van der Waals surface area contributed by atoms with Crippen molar-refractivity contribution in [2.75, 3.05) is 14.1 Å². The molecular formula is C26H30N2O13. The van der Waals surface area contributed by atoms with Crippen molar-refractivity contribution in [1.29, 1.82) is 0 Å². The first kappa shape index (κ1) is 32.6. The molecule has 15 nitrogen and oxygen atoms in total. The molecular weight excluding hydrogens is 548 g/mol. The molecule has 0 radical (unpaired) electrons. The van der Waals surface area contributed by atoms with Gasteiger partial charge < -0.3 is 47.0 Å². The van der Waals surface area contributed by atoms with E-state index in [9.17, 15) is 49.5 Å². The van der Waals surface area contributed by atoms with Crippen LogP contribution in [0.1, 0.15) is 24.0 Å². The zero-order chi connectivity index (χ0) is 30.4. The number of carbonyl (C=O) groups is 5. The lowest BCUT2D eigenvalue weighted by Gasteiger charge is -2.53. The molecule has 1 aromatic carbocycles. The second-order valence-corrected chi connectivity index (χ2v) is 9.80. The molecule has 41 heavy (non-hydrogen) atoms. The number of amides is 1. The number of ketones is 2. The zero-order valence-electron chi connectivity index (χ0n) is 22.0. The van der Waals surface area contributed by atoms with Crippen molar-refractivity contribution < 1.29 is 65.2 Å². The summed E-state index contributed by atoms with van der Waals surface area (Å²) in [5.74, 6) is -11.4. The van der Waals surface area contributed by atoms with Crippen LogP contribution in [0.5, 0.6) is 5.75 Å². The molecule has 0 aromatic heterocycles. The molecule has 0 saturated heterocycles.